The SMILES string of the molecule is CCCN(C(=O)c1ccncc1O)C1CNC1. The summed E-state index contributed by atoms with van der Waals surface area (Å²) in [5, 5.41) is 12.8. The Balaban J connectivity index is 2.18. The number of rotatable bonds is 4. The summed E-state index contributed by atoms with van der Waals surface area (Å²) in [4.78, 5) is 17.9. The largest absolute Gasteiger partial charge is 0.505 e. The summed E-state index contributed by atoms with van der Waals surface area (Å²) in [5.41, 5.74) is 0.334. The molecule has 2 heterocycles. The van der Waals surface area contributed by atoms with Crippen molar-refractivity contribution in [2.75, 3.05) is 19.6 Å². The molecule has 2 N–H and O–H groups in total. The van der Waals surface area contributed by atoms with Gasteiger partial charge in [0.2, 0.25) is 0 Å². The van der Waals surface area contributed by atoms with Crippen molar-refractivity contribution in [3.63, 3.8) is 0 Å². The lowest BCUT2D eigenvalue weighted by molar-refractivity contribution is 0.0612. The first-order chi connectivity index (χ1) is 8.24. The molecule has 1 aliphatic rings. The molecule has 0 saturated carbocycles. The minimum absolute atomic E-state index is 0.0501. The van der Waals surface area contributed by atoms with Crippen molar-refractivity contribution in [3.05, 3.63) is 24.0 Å². The summed E-state index contributed by atoms with van der Waals surface area (Å²) in [7, 11) is 0. The molecule has 0 atom stereocenters. The Hall–Kier alpha value is -1.62. The van der Waals surface area contributed by atoms with Crippen molar-refractivity contribution in [2.24, 2.45) is 0 Å². The highest BCUT2D eigenvalue weighted by molar-refractivity contribution is 5.96. The predicted molar refractivity (Wildman–Crippen MR) is 63.9 cm³/mol. The summed E-state index contributed by atoms with van der Waals surface area (Å²) in [6, 6.07) is 1.81. The molecule has 1 aliphatic heterocycles. The molecule has 1 aromatic rings. The molecule has 92 valence electrons. The Morgan fingerprint density at radius 2 is 2.41 bits per heavy atom. The van der Waals surface area contributed by atoms with Crippen LogP contribution in [0.1, 0.15) is 23.7 Å². The van der Waals surface area contributed by atoms with Crippen molar-refractivity contribution in [3.8, 4) is 5.75 Å². The van der Waals surface area contributed by atoms with Crippen LogP contribution in [0.5, 0.6) is 5.75 Å². The predicted octanol–water partition coefficient (Wildman–Crippen LogP) is 0.611. The van der Waals surface area contributed by atoms with Gasteiger partial charge < -0.3 is 15.3 Å². The number of aromatic hydroxyl groups is 1. The third-order valence-electron chi connectivity index (χ3n) is 2.96. The second-order valence-electron chi connectivity index (χ2n) is 4.20. The Morgan fingerprint density at radius 3 is 2.94 bits per heavy atom. The Labute approximate surface area is 100 Å². The van der Waals surface area contributed by atoms with Crippen molar-refractivity contribution in [1.82, 2.24) is 15.2 Å². The number of carbonyl (C=O) groups is 1. The van der Waals surface area contributed by atoms with Gasteiger partial charge in [0.05, 0.1) is 17.8 Å². The van der Waals surface area contributed by atoms with E-state index in [0.29, 0.717) is 12.1 Å². The molecule has 0 aromatic carbocycles. The van der Waals surface area contributed by atoms with Crippen LogP contribution < -0.4 is 5.32 Å². The van der Waals surface area contributed by atoms with Gasteiger partial charge in [0, 0.05) is 25.8 Å². The van der Waals surface area contributed by atoms with Gasteiger partial charge >= 0.3 is 0 Å². The van der Waals surface area contributed by atoms with Gasteiger partial charge in [-0.15, -0.1) is 0 Å². The highest BCUT2D eigenvalue weighted by Crippen LogP contribution is 2.19. The first-order valence-corrected chi connectivity index (χ1v) is 5.88. The molecule has 2 rings (SSSR count). The molecule has 1 amide bonds. The molecule has 0 bridgehead atoms. The minimum Gasteiger partial charge on any atom is -0.505 e. The van der Waals surface area contributed by atoms with E-state index in [4.69, 9.17) is 0 Å². The van der Waals surface area contributed by atoms with Crippen molar-refractivity contribution in [1.29, 1.82) is 0 Å². The standard InChI is InChI=1S/C12H17N3O2/c1-2-5-15(9-6-14-7-9)12(17)10-3-4-13-8-11(10)16/h3-4,8-9,14,16H,2,5-7H2,1H3. The van der Waals surface area contributed by atoms with E-state index >= 15 is 0 Å². The molecule has 5 nitrogen and oxygen atoms in total. The number of pyridine rings is 1. The van der Waals surface area contributed by atoms with Crippen molar-refractivity contribution in [2.45, 2.75) is 19.4 Å². The van der Waals surface area contributed by atoms with Crippen molar-refractivity contribution >= 4 is 5.91 Å². The van der Waals surface area contributed by atoms with Gasteiger partial charge in [-0.3, -0.25) is 9.78 Å². The number of hydrogen-bond donors (Lipinski definition) is 2. The Morgan fingerprint density at radius 1 is 1.65 bits per heavy atom. The molecular formula is C12H17N3O2. The summed E-state index contributed by atoms with van der Waals surface area (Å²) in [6.07, 6.45) is 3.74. The van der Waals surface area contributed by atoms with E-state index < -0.39 is 0 Å². The molecule has 0 unspecified atom stereocenters. The van der Waals surface area contributed by atoms with E-state index in [0.717, 1.165) is 19.5 Å². The zero-order chi connectivity index (χ0) is 12.3. The lowest BCUT2D eigenvalue weighted by Gasteiger charge is -2.38. The maximum atomic E-state index is 12.3. The number of hydrogen-bond acceptors (Lipinski definition) is 4. The first kappa shape index (κ1) is 11.9. The number of aromatic nitrogens is 1. The summed E-state index contributed by atoms with van der Waals surface area (Å²) >= 11 is 0. The van der Waals surface area contributed by atoms with Gasteiger partial charge in [-0.1, -0.05) is 6.92 Å². The normalized spacial score (nSPS) is 15.4. The zero-order valence-corrected chi connectivity index (χ0v) is 9.89. The highest BCUT2D eigenvalue weighted by atomic mass is 16.3. The maximum absolute atomic E-state index is 12.3. The van der Waals surface area contributed by atoms with E-state index in [1.807, 2.05) is 11.8 Å². The zero-order valence-electron chi connectivity index (χ0n) is 9.89. The van der Waals surface area contributed by atoms with Gasteiger partial charge in [0.15, 0.2) is 0 Å². The third-order valence-corrected chi connectivity index (χ3v) is 2.96. The fourth-order valence-electron chi connectivity index (χ4n) is 1.91. The Bertz CT molecular complexity index is 404. The molecule has 17 heavy (non-hydrogen) atoms. The Kier molecular flexibility index (Phi) is 3.58. The van der Waals surface area contributed by atoms with Gasteiger partial charge in [0.1, 0.15) is 5.75 Å². The maximum Gasteiger partial charge on any atom is 0.258 e. The number of amides is 1. The van der Waals surface area contributed by atoms with Gasteiger partial charge in [0.25, 0.3) is 5.91 Å². The van der Waals surface area contributed by atoms with Crippen LogP contribution in [-0.2, 0) is 0 Å². The van der Waals surface area contributed by atoms with Crippen LogP contribution in [0.15, 0.2) is 18.5 Å². The molecule has 0 aliphatic carbocycles. The average molecular weight is 235 g/mol. The molecule has 1 saturated heterocycles. The fraction of sp³-hybridized carbons (Fsp3) is 0.500. The van der Waals surface area contributed by atoms with E-state index in [-0.39, 0.29) is 17.7 Å². The van der Waals surface area contributed by atoms with Crippen LogP contribution in [0.4, 0.5) is 0 Å². The topological polar surface area (TPSA) is 65.5 Å². The van der Waals surface area contributed by atoms with E-state index in [9.17, 15) is 9.90 Å². The smallest absolute Gasteiger partial charge is 0.258 e. The third kappa shape index (κ3) is 2.39. The first-order valence-electron chi connectivity index (χ1n) is 5.88. The lowest BCUT2D eigenvalue weighted by atomic mass is 10.1. The second kappa shape index (κ2) is 5.14. The molecule has 1 aromatic heterocycles. The van der Waals surface area contributed by atoms with E-state index in [1.54, 1.807) is 6.07 Å². The molecule has 0 radical (unpaired) electrons. The van der Waals surface area contributed by atoms with Gasteiger partial charge in [-0.05, 0) is 12.5 Å². The molecule has 5 heteroatoms. The van der Waals surface area contributed by atoms with Crippen LogP contribution in [-0.4, -0.2) is 46.6 Å². The van der Waals surface area contributed by atoms with Crippen molar-refractivity contribution < 1.29 is 9.90 Å². The lowest BCUT2D eigenvalue weighted by Crippen LogP contribution is -2.59. The van der Waals surface area contributed by atoms with Gasteiger partial charge in [-0.25, -0.2) is 0 Å². The quantitative estimate of drug-likeness (QED) is 0.802. The summed E-state index contributed by atoms with van der Waals surface area (Å²) in [5.74, 6) is -0.163. The second-order valence-corrected chi connectivity index (χ2v) is 4.20. The molecule has 1 fully saturated rings. The molecular weight excluding hydrogens is 218 g/mol. The highest BCUT2D eigenvalue weighted by Gasteiger charge is 2.29. The van der Waals surface area contributed by atoms with Gasteiger partial charge in [-0.2, -0.15) is 0 Å². The summed E-state index contributed by atoms with van der Waals surface area (Å²) in [6.45, 7) is 4.42. The summed E-state index contributed by atoms with van der Waals surface area (Å²) < 4.78 is 0. The van der Waals surface area contributed by atoms with Crippen LogP contribution in [0.2, 0.25) is 0 Å². The number of nitrogens with one attached hydrogen (secondary N) is 1. The minimum atomic E-state index is -0.113. The molecule has 0 spiro atoms. The van der Waals surface area contributed by atoms with E-state index in [2.05, 4.69) is 10.3 Å². The monoisotopic (exact) mass is 235 g/mol. The van der Waals surface area contributed by atoms with Crippen LogP contribution >= 0.6 is 0 Å². The van der Waals surface area contributed by atoms with Crippen LogP contribution in [0, 0.1) is 0 Å². The van der Waals surface area contributed by atoms with Crippen LogP contribution in [0.25, 0.3) is 0 Å². The van der Waals surface area contributed by atoms with E-state index in [1.165, 1.54) is 12.4 Å². The van der Waals surface area contributed by atoms with Crippen LogP contribution in [0.3, 0.4) is 0 Å². The average Bonchev–Trinajstić information content (AvgIpc) is 2.26. The fourth-order valence-corrected chi connectivity index (χ4v) is 1.91. The number of nitrogens with zero attached hydrogens (tertiary/aromatic N) is 2. The number of carbonyl (C=O) groups excluding carboxylic acids is 1.